The number of hydrogen-bond donors (Lipinski definition) is 1. The molecule has 24 heavy (non-hydrogen) atoms. The van der Waals surface area contributed by atoms with Crippen molar-refractivity contribution in [2.45, 2.75) is 31.9 Å². The lowest BCUT2D eigenvalue weighted by molar-refractivity contribution is 0.00556. The minimum Gasteiger partial charge on any atom is -0.372 e. The fourth-order valence-electron chi connectivity index (χ4n) is 3.36. The Hall–Kier alpha value is -2.47. The number of benzene rings is 1. The summed E-state index contributed by atoms with van der Waals surface area (Å²) in [5, 5.41) is 4.67. The smallest absolute Gasteiger partial charge is 0.137 e. The van der Waals surface area contributed by atoms with E-state index in [-0.39, 0.29) is 6.10 Å². The molecule has 0 amide bonds. The van der Waals surface area contributed by atoms with Crippen LogP contribution < -0.4 is 5.32 Å². The van der Waals surface area contributed by atoms with Gasteiger partial charge in [0.15, 0.2) is 0 Å². The van der Waals surface area contributed by atoms with Gasteiger partial charge in [0.25, 0.3) is 0 Å². The molecule has 124 valence electrons. The molecule has 6 heteroatoms. The van der Waals surface area contributed by atoms with Crippen molar-refractivity contribution >= 4 is 16.7 Å². The number of fused-ring (bicyclic) bond motifs is 1. The van der Waals surface area contributed by atoms with Crippen LogP contribution in [-0.2, 0) is 11.8 Å². The molecule has 4 rings (SSSR count). The highest BCUT2D eigenvalue weighted by atomic mass is 16.5. The molecule has 1 fully saturated rings. The zero-order valence-electron chi connectivity index (χ0n) is 13.9. The molecule has 6 nitrogen and oxygen atoms in total. The van der Waals surface area contributed by atoms with E-state index in [0.29, 0.717) is 6.04 Å². The lowest BCUT2D eigenvalue weighted by Gasteiger charge is -2.30. The Kier molecular flexibility index (Phi) is 3.90. The number of para-hydroxylation sites is 1. The quantitative estimate of drug-likeness (QED) is 0.802. The second-order valence-electron chi connectivity index (χ2n) is 6.35. The zero-order chi connectivity index (χ0) is 16.5. The van der Waals surface area contributed by atoms with E-state index in [4.69, 9.17) is 4.74 Å². The summed E-state index contributed by atoms with van der Waals surface area (Å²) in [5.74, 6) is 0.902. The number of hydrogen-bond acceptors (Lipinski definition) is 5. The van der Waals surface area contributed by atoms with E-state index in [2.05, 4.69) is 45.4 Å². The van der Waals surface area contributed by atoms with Crippen LogP contribution in [0.2, 0.25) is 0 Å². The first-order valence-electron chi connectivity index (χ1n) is 8.27. The number of rotatable bonds is 3. The van der Waals surface area contributed by atoms with Crippen LogP contribution in [0.15, 0.2) is 37.1 Å². The van der Waals surface area contributed by atoms with Gasteiger partial charge in [-0.1, -0.05) is 12.1 Å². The third-order valence-electron chi connectivity index (χ3n) is 4.68. The summed E-state index contributed by atoms with van der Waals surface area (Å²) in [7, 11) is 2.00. The maximum atomic E-state index is 5.94. The van der Waals surface area contributed by atoms with Gasteiger partial charge in [0, 0.05) is 25.1 Å². The molecule has 2 atom stereocenters. The monoisotopic (exact) mass is 323 g/mol. The third kappa shape index (κ3) is 2.73. The van der Waals surface area contributed by atoms with Gasteiger partial charge in [0.05, 0.1) is 23.7 Å². The van der Waals surface area contributed by atoms with Crippen molar-refractivity contribution in [1.29, 1.82) is 0 Å². The first kappa shape index (κ1) is 15.1. The predicted octanol–water partition coefficient (Wildman–Crippen LogP) is 3.00. The Bertz CT molecular complexity index is 859. The molecule has 0 aliphatic carbocycles. The van der Waals surface area contributed by atoms with Gasteiger partial charge in [-0.3, -0.25) is 0 Å². The second kappa shape index (κ2) is 6.20. The van der Waals surface area contributed by atoms with Crippen LogP contribution in [0.25, 0.3) is 10.9 Å². The van der Waals surface area contributed by atoms with Gasteiger partial charge >= 0.3 is 0 Å². The molecule has 1 N–H and O–H groups in total. The van der Waals surface area contributed by atoms with Crippen molar-refractivity contribution in [3.8, 4) is 0 Å². The molecule has 0 saturated carbocycles. The highest BCUT2D eigenvalue weighted by Crippen LogP contribution is 2.30. The highest BCUT2D eigenvalue weighted by molar-refractivity contribution is 5.90. The lowest BCUT2D eigenvalue weighted by atomic mass is 10.0. The number of aromatic nitrogens is 4. The van der Waals surface area contributed by atoms with E-state index in [0.717, 1.165) is 47.4 Å². The fourth-order valence-corrected chi connectivity index (χ4v) is 3.36. The van der Waals surface area contributed by atoms with Crippen LogP contribution in [-0.4, -0.2) is 32.2 Å². The Morgan fingerprint density at radius 1 is 1.29 bits per heavy atom. The maximum Gasteiger partial charge on any atom is 0.137 e. The lowest BCUT2D eigenvalue weighted by Crippen LogP contribution is -2.31. The van der Waals surface area contributed by atoms with Gasteiger partial charge in [-0.15, -0.1) is 0 Å². The van der Waals surface area contributed by atoms with Crippen molar-refractivity contribution < 1.29 is 4.74 Å². The number of aryl methyl sites for hydroxylation is 2. The van der Waals surface area contributed by atoms with E-state index in [1.54, 1.807) is 6.33 Å². The van der Waals surface area contributed by atoms with Crippen LogP contribution in [0.1, 0.15) is 30.2 Å². The summed E-state index contributed by atoms with van der Waals surface area (Å²) in [6.07, 6.45) is 7.27. The van der Waals surface area contributed by atoms with Crippen LogP contribution in [0.5, 0.6) is 0 Å². The average Bonchev–Trinajstić information content (AvgIpc) is 3.02. The molecule has 3 heterocycles. The first-order valence-corrected chi connectivity index (χ1v) is 8.27. The standard InChI is InChI=1S/C18H21N5O/c1-12-4-3-5-14-17(12)20-10-21-18(14)22-13-6-7-24-16(8-13)15-9-19-11-23(15)2/h3-5,9-11,13,16H,6-8H2,1-2H3,(H,20,21,22)/t13-,16+/m0/s1. The van der Waals surface area contributed by atoms with Crippen LogP contribution in [0, 0.1) is 6.92 Å². The van der Waals surface area contributed by atoms with Crippen molar-refractivity contribution in [3.05, 3.63) is 48.3 Å². The highest BCUT2D eigenvalue weighted by Gasteiger charge is 2.26. The van der Waals surface area contributed by atoms with Gasteiger partial charge in [0.2, 0.25) is 0 Å². The normalized spacial score (nSPS) is 21.1. The van der Waals surface area contributed by atoms with Crippen molar-refractivity contribution in [1.82, 2.24) is 19.5 Å². The summed E-state index contributed by atoms with van der Waals surface area (Å²) in [6, 6.07) is 6.51. The molecular formula is C18H21N5O. The van der Waals surface area contributed by atoms with Gasteiger partial charge in [-0.05, 0) is 31.4 Å². The minimum absolute atomic E-state index is 0.0681. The van der Waals surface area contributed by atoms with E-state index in [1.165, 1.54) is 0 Å². The number of anilines is 1. The summed E-state index contributed by atoms with van der Waals surface area (Å²) >= 11 is 0. The number of ether oxygens (including phenoxy) is 1. The summed E-state index contributed by atoms with van der Waals surface area (Å²) in [5.41, 5.74) is 3.29. The molecule has 0 radical (unpaired) electrons. The molecule has 1 aliphatic rings. The molecule has 2 aromatic heterocycles. The zero-order valence-corrected chi connectivity index (χ0v) is 13.9. The van der Waals surface area contributed by atoms with E-state index in [1.807, 2.05) is 24.1 Å². The number of imidazole rings is 1. The van der Waals surface area contributed by atoms with Gasteiger partial charge in [-0.25, -0.2) is 15.0 Å². The topological polar surface area (TPSA) is 64.9 Å². The van der Waals surface area contributed by atoms with Crippen LogP contribution >= 0.6 is 0 Å². The molecule has 0 spiro atoms. The maximum absolute atomic E-state index is 5.94. The Morgan fingerprint density at radius 3 is 3.04 bits per heavy atom. The van der Waals surface area contributed by atoms with E-state index >= 15 is 0 Å². The molecular weight excluding hydrogens is 302 g/mol. The molecule has 0 unspecified atom stereocenters. The summed E-state index contributed by atoms with van der Waals surface area (Å²) in [6.45, 7) is 2.81. The number of nitrogens with one attached hydrogen (secondary N) is 1. The van der Waals surface area contributed by atoms with Gasteiger partial charge < -0.3 is 14.6 Å². The van der Waals surface area contributed by atoms with Gasteiger partial charge in [0.1, 0.15) is 18.2 Å². The molecule has 3 aromatic rings. The molecule has 1 aromatic carbocycles. The first-order chi connectivity index (χ1) is 11.7. The van der Waals surface area contributed by atoms with Gasteiger partial charge in [-0.2, -0.15) is 0 Å². The SMILES string of the molecule is Cc1cccc2c(N[C@H]3CCO[C@@H](c4cncn4C)C3)ncnc12. The minimum atomic E-state index is 0.0681. The second-order valence-corrected chi connectivity index (χ2v) is 6.35. The van der Waals surface area contributed by atoms with Crippen molar-refractivity contribution in [2.24, 2.45) is 7.05 Å². The Morgan fingerprint density at radius 2 is 2.21 bits per heavy atom. The predicted molar refractivity (Wildman–Crippen MR) is 92.8 cm³/mol. The fraction of sp³-hybridized carbons (Fsp3) is 0.389. The molecule has 1 saturated heterocycles. The third-order valence-corrected chi connectivity index (χ3v) is 4.68. The van der Waals surface area contributed by atoms with E-state index in [9.17, 15) is 0 Å². The van der Waals surface area contributed by atoms with Crippen LogP contribution in [0.3, 0.4) is 0 Å². The summed E-state index contributed by atoms with van der Waals surface area (Å²) < 4.78 is 7.97. The Balaban J connectivity index is 1.57. The van der Waals surface area contributed by atoms with Crippen molar-refractivity contribution in [3.63, 3.8) is 0 Å². The summed E-state index contributed by atoms with van der Waals surface area (Å²) in [4.78, 5) is 13.1. The largest absolute Gasteiger partial charge is 0.372 e. The van der Waals surface area contributed by atoms with Crippen LogP contribution in [0.4, 0.5) is 5.82 Å². The van der Waals surface area contributed by atoms with E-state index < -0.39 is 0 Å². The Labute approximate surface area is 140 Å². The number of nitrogens with zero attached hydrogens (tertiary/aromatic N) is 4. The molecule has 0 bridgehead atoms. The average molecular weight is 323 g/mol. The molecule has 1 aliphatic heterocycles. The van der Waals surface area contributed by atoms with Crippen molar-refractivity contribution in [2.75, 3.05) is 11.9 Å².